The number of fused-ring (bicyclic) bond motifs is 1. The average molecular weight is 359 g/mol. The predicted molar refractivity (Wildman–Crippen MR) is 99.6 cm³/mol. The van der Waals surface area contributed by atoms with Crippen LogP contribution >= 0.6 is 0 Å². The monoisotopic (exact) mass is 359 g/mol. The fourth-order valence-electron chi connectivity index (χ4n) is 4.36. The molecule has 1 aromatic carbocycles. The van der Waals surface area contributed by atoms with Gasteiger partial charge in [-0.3, -0.25) is 0 Å². The molecule has 3 aliphatic heterocycles. The van der Waals surface area contributed by atoms with Gasteiger partial charge in [-0.05, 0) is 49.4 Å². The molecular weight excluding hydrogens is 330 g/mol. The van der Waals surface area contributed by atoms with Crippen LogP contribution in [0.15, 0.2) is 18.2 Å². The molecule has 6 nitrogen and oxygen atoms in total. The van der Waals surface area contributed by atoms with Crippen molar-refractivity contribution in [2.75, 3.05) is 53.1 Å². The van der Waals surface area contributed by atoms with E-state index in [4.69, 9.17) is 9.47 Å². The number of rotatable bonds is 2. The fourth-order valence-corrected chi connectivity index (χ4v) is 4.36. The van der Waals surface area contributed by atoms with Crippen molar-refractivity contribution >= 4 is 6.03 Å². The van der Waals surface area contributed by atoms with Gasteiger partial charge >= 0.3 is 6.03 Å². The van der Waals surface area contributed by atoms with E-state index in [9.17, 15) is 4.79 Å². The Morgan fingerprint density at radius 2 is 1.85 bits per heavy atom. The van der Waals surface area contributed by atoms with E-state index in [2.05, 4.69) is 35.9 Å². The number of ether oxygens (including phenoxy) is 2. The summed E-state index contributed by atoms with van der Waals surface area (Å²) in [6.07, 6.45) is 3.17. The molecule has 0 spiro atoms. The number of nitrogens with zero attached hydrogens (tertiary/aromatic N) is 3. The zero-order valence-electron chi connectivity index (χ0n) is 15.9. The molecule has 0 bridgehead atoms. The van der Waals surface area contributed by atoms with Gasteiger partial charge in [0, 0.05) is 39.3 Å². The Balaban J connectivity index is 1.41. The zero-order chi connectivity index (χ0) is 18.1. The van der Waals surface area contributed by atoms with Crippen LogP contribution in [0.1, 0.15) is 25.3 Å². The molecule has 2 saturated heterocycles. The number of urea groups is 1. The Kier molecular flexibility index (Phi) is 4.69. The molecule has 0 saturated carbocycles. The van der Waals surface area contributed by atoms with Gasteiger partial charge in [0.25, 0.3) is 0 Å². The minimum Gasteiger partial charge on any atom is -0.454 e. The molecule has 3 heterocycles. The number of benzene rings is 1. The number of likely N-dealkylation sites (N-methyl/N-ethyl adjacent to an activating group) is 1. The first-order valence-corrected chi connectivity index (χ1v) is 9.63. The number of carbonyl (C=O) groups excluding carboxylic acids is 1. The first-order chi connectivity index (χ1) is 12.5. The summed E-state index contributed by atoms with van der Waals surface area (Å²) in [5.41, 5.74) is 1.36. The van der Waals surface area contributed by atoms with Gasteiger partial charge in [0.1, 0.15) is 0 Å². The molecule has 142 valence electrons. The van der Waals surface area contributed by atoms with Gasteiger partial charge in [0.15, 0.2) is 11.5 Å². The summed E-state index contributed by atoms with van der Waals surface area (Å²) in [7, 11) is 2.12. The molecule has 0 aliphatic carbocycles. The molecule has 0 radical (unpaired) electrons. The molecule has 4 rings (SSSR count). The number of carbonyl (C=O) groups is 1. The molecule has 3 aliphatic rings. The van der Waals surface area contributed by atoms with Crippen LogP contribution < -0.4 is 9.47 Å². The summed E-state index contributed by atoms with van der Waals surface area (Å²) < 4.78 is 10.9. The quantitative estimate of drug-likeness (QED) is 0.814. The number of hydrogen-bond acceptors (Lipinski definition) is 4. The minimum absolute atomic E-state index is 0.105. The highest BCUT2D eigenvalue weighted by Crippen LogP contribution is 2.37. The molecule has 6 heteroatoms. The van der Waals surface area contributed by atoms with Crippen LogP contribution in [0.3, 0.4) is 0 Å². The largest absolute Gasteiger partial charge is 0.454 e. The molecule has 0 N–H and O–H groups in total. The summed E-state index contributed by atoms with van der Waals surface area (Å²) in [5, 5.41) is 0. The van der Waals surface area contributed by atoms with Crippen molar-refractivity contribution in [1.82, 2.24) is 14.7 Å². The third-order valence-corrected chi connectivity index (χ3v) is 5.89. The zero-order valence-corrected chi connectivity index (χ0v) is 15.9. The number of piperidine rings is 1. The normalized spacial score (nSPS) is 26.2. The molecule has 2 fully saturated rings. The SMILES string of the molecule is CN1CCN(C(=O)N2CCCC(C)(Cc3ccc4c(c3)OCO4)C2)CC1. The van der Waals surface area contributed by atoms with E-state index in [1.165, 1.54) is 5.56 Å². The highest BCUT2D eigenvalue weighted by molar-refractivity contribution is 5.74. The maximum absolute atomic E-state index is 13.0. The molecule has 1 atom stereocenters. The minimum atomic E-state index is 0.105. The Labute approximate surface area is 155 Å². The van der Waals surface area contributed by atoms with Crippen LogP contribution in [0.4, 0.5) is 4.79 Å². The standard InChI is InChI=1S/C20H29N3O3/c1-20(13-16-4-5-17-18(12-16)26-15-25-17)6-3-7-23(14-20)19(24)22-10-8-21(2)9-11-22/h4-5,12H,3,6-11,13-15H2,1-2H3. The van der Waals surface area contributed by atoms with Crippen molar-refractivity contribution in [2.45, 2.75) is 26.2 Å². The van der Waals surface area contributed by atoms with Crippen molar-refractivity contribution in [2.24, 2.45) is 5.41 Å². The van der Waals surface area contributed by atoms with Crippen LogP contribution in [0.25, 0.3) is 0 Å². The number of hydrogen-bond donors (Lipinski definition) is 0. The first-order valence-electron chi connectivity index (χ1n) is 9.63. The Hall–Kier alpha value is -1.95. The second-order valence-corrected chi connectivity index (χ2v) is 8.27. The van der Waals surface area contributed by atoms with Gasteiger partial charge in [-0.2, -0.15) is 0 Å². The van der Waals surface area contributed by atoms with Crippen molar-refractivity contribution in [3.8, 4) is 11.5 Å². The number of amides is 2. The molecule has 0 aromatic heterocycles. The third kappa shape index (κ3) is 3.61. The van der Waals surface area contributed by atoms with Crippen LogP contribution in [0.2, 0.25) is 0 Å². The number of likely N-dealkylation sites (tertiary alicyclic amines) is 1. The van der Waals surface area contributed by atoms with E-state index in [1.807, 2.05) is 11.0 Å². The summed E-state index contributed by atoms with van der Waals surface area (Å²) in [4.78, 5) is 19.3. The maximum atomic E-state index is 13.0. The summed E-state index contributed by atoms with van der Waals surface area (Å²) in [6, 6.07) is 6.43. The smallest absolute Gasteiger partial charge is 0.320 e. The highest BCUT2D eigenvalue weighted by atomic mass is 16.7. The number of piperazine rings is 1. The van der Waals surface area contributed by atoms with Crippen molar-refractivity contribution in [3.63, 3.8) is 0 Å². The lowest BCUT2D eigenvalue weighted by molar-refractivity contribution is 0.0805. The summed E-state index contributed by atoms with van der Waals surface area (Å²) in [6.45, 7) is 7.93. The maximum Gasteiger partial charge on any atom is 0.320 e. The molecular formula is C20H29N3O3. The van der Waals surface area contributed by atoms with Crippen LogP contribution in [0.5, 0.6) is 11.5 Å². The van der Waals surface area contributed by atoms with Gasteiger partial charge in [-0.1, -0.05) is 13.0 Å². The van der Waals surface area contributed by atoms with Crippen LogP contribution in [0, 0.1) is 5.41 Å². The van der Waals surface area contributed by atoms with E-state index in [1.54, 1.807) is 0 Å². The molecule has 1 unspecified atom stereocenters. The van der Waals surface area contributed by atoms with Crippen LogP contribution in [-0.2, 0) is 6.42 Å². The second kappa shape index (κ2) is 6.99. The average Bonchev–Trinajstić information content (AvgIpc) is 3.09. The third-order valence-electron chi connectivity index (χ3n) is 5.89. The Morgan fingerprint density at radius 1 is 1.08 bits per heavy atom. The second-order valence-electron chi connectivity index (χ2n) is 8.27. The first kappa shape index (κ1) is 17.5. The van der Waals surface area contributed by atoms with Gasteiger partial charge in [-0.15, -0.1) is 0 Å². The fraction of sp³-hybridized carbons (Fsp3) is 0.650. The molecule has 2 amide bonds. The van der Waals surface area contributed by atoms with Gasteiger partial charge in [0.2, 0.25) is 6.79 Å². The van der Waals surface area contributed by atoms with Crippen molar-refractivity contribution in [1.29, 1.82) is 0 Å². The molecule has 1 aromatic rings. The summed E-state index contributed by atoms with van der Waals surface area (Å²) in [5.74, 6) is 1.67. The van der Waals surface area contributed by atoms with Gasteiger partial charge < -0.3 is 24.2 Å². The Bertz CT molecular complexity index is 672. The van der Waals surface area contributed by atoms with E-state index in [0.717, 1.165) is 70.0 Å². The lowest BCUT2D eigenvalue weighted by Gasteiger charge is -2.43. The van der Waals surface area contributed by atoms with E-state index >= 15 is 0 Å². The van der Waals surface area contributed by atoms with E-state index < -0.39 is 0 Å². The lowest BCUT2D eigenvalue weighted by Crippen LogP contribution is -2.55. The Morgan fingerprint density at radius 3 is 2.65 bits per heavy atom. The van der Waals surface area contributed by atoms with Crippen molar-refractivity contribution in [3.05, 3.63) is 23.8 Å². The molecule has 26 heavy (non-hydrogen) atoms. The topological polar surface area (TPSA) is 45.2 Å². The lowest BCUT2D eigenvalue weighted by atomic mass is 9.77. The van der Waals surface area contributed by atoms with Gasteiger partial charge in [-0.25, -0.2) is 4.79 Å². The van der Waals surface area contributed by atoms with E-state index in [-0.39, 0.29) is 11.4 Å². The van der Waals surface area contributed by atoms with Crippen LogP contribution in [-0.4, -0.2) is 73.8 Å². The van der Waals surface area contributed by atoms with E-state index in [0.29, 0.717) is 6.79 Å². The summed E-state index contributed by atoms with van der Waals surface area (Å²) >= 11 is 0. The highest BCUT2D eigenvalue weighted by Gasteiger charge is 2.35. The van der Waals surface area contributed by atoms with Gasteiger partial charge in [0.05, 0.1) is 0 Å². The van der Waals surface area contributed by atoms with Crippen molar-refractivity contribution < 1.29 is 14.3 Å². The predicted octanol–water partition coefficient (Wildman–Crippen LogP) is 2.43.